The smallest absolute Gasteiger partial charge is 0.235 e. The fraction of sp³-hybridized carbons (Fsp3) is 0.278. The summed E-state index contributed by atoms with van der Waals surface area (Å²) < 4.78 is 19.2. The van der Waals surface area contributed by atoms with Crippen LogP contribution in [0.3, 0.4) is 0 Å². The summed E-state index contributed by atoms with van der Waals surface area (Å²) in [5.74, 6) is 0.270. The van der Waals surface area contributed by atoms with Gasteiger partial charge < -0.3 is 10.1 Å². The number of halogens is 1. The van der Waals surface area contributed by atoms with E-state index in [1.807, 2.05) is 0 Å². The van der Waals surface area contributed by atoms with Gasteiger partial charge in [-0.1, -0.05) is 24.6 Å². The van der Waals surface area contributed by atoms with Gasteiger partial charge in [-0.2, -0.15) is 0 Å². The lowest BCUT2D eigenvalue weighted by Crippen LogP contribution is -2.46. The Bertz CT molecular complexity index is 678. The number of hydrogen-bond donors (Lipinski definition) is 1. The molecule has 2 aromatic carbocycles. The van der Waals surface area contributed by atoms with Gasteiger partial charge in [0.25, 0.3) is 0 Å². The lowest BCUT2D eigenvalue weighted by Gasteiger charge is -2.40. The van der Waals surface area contributed by atoms with Crippen molar-refractivity contribution in [2.24, 2.45) is 0 Å². The van der Waals surface area contributed by atoms with E-state index in [0.29, 0.717) is 24.1 Å². The Hall–Kier alpha value is -2.36. The van der Waals surface area contributed by atoms with E-state index >= 15 is 0 Å². The molecule has 0 radical (unpaired) electrons. The highest BCUT2D eigenvalue weighted by atomic mass is 19.1. The Morgan fingerprint density at radius 1 is 1.14 bits per heavy atom. The summed E-state index contributed by atoms with van der Waals surface area (Å²) >= 11 is 0. The van der Waals surface area contributed by atoms with Crippen molar-refractivity contribution in [2.75, 3.05) is 12.4 Å². The zero-order chi connectivity index (χ0) is 15.6. The number of carbonyl (C=O) groups is 1. The van der Waals surface area contributed by atoms with Crippen LogP contribution in [0.2, 0.25) is 0 Å². The highest BCUT2D eigenvalue weighted by Gasteiger charge is 2.47. The van der Waals surface area contributed by atoms with Gasteiger partial charge in [0, 0.05) is 11.3 Å². The van der Waals surface area contributed by atoms with Gasteiger partial charge in [0.2, 0.25) is 5.91 Å². The molecule has 1 saturated carbocycles. The van der Waals surface area contributed by atoms with Crippen LogP contribution in [-0.4, -0.2) is 13.0 Å². The molecule has 3 nitrogen and oxygen atoms in total. The minimum absolute atomic E-state index is 0.144. The molecular formula is C18H18FNO2. The van der Waals surface area contributed by atoms with Crippen molar-refractivity contribution in [3.8, 4) is 5.75 Å². The van der Waals surface area contributed by atoms with Crippen molar-refractivity contribution in [1.29, 1.82) is 0 Å². The predicted molar refractivity (Wildman–Crippen MR) is 83.6 cm³/mol. The number of carbonyl (C=O) groups excluding carboxylic acids is 1. The van der Waals surface area contributed by atoms with Crippen LogP contribution in [0.15, 0.2) is 48.5 Å². The average molecular weight is 299 g/mol. The molecule has 0 spiro atoms. The van der Waals surface area contributed by atoms with Crippen LogP contribution >= 0.6 is 0 Å². The van der Waals surface area contributed by atoms with Crippen molar-refractivity contribution in [3.63, 3.8) is 0 Å². The zero-order valence-corrected chi connectivity index (χ0v) is 12.4. The van der Waals surface area contributed by atoms with Gasteiger partial charge in [0.05, 0.1) is 12.5 Å². The topological polar surface area (TPSA) is 38.3 Å². The molecule has 1 fully saturated rings. The van der Waals surface area contributed by atoms with E-state index in [1.54, 1.807) is 49.6 Å². The third-order valence-electron chi connectivity index (χ3n) is 4.38. The monoisotopic (exact) mass is 299 g/mol. The summed E-state index contributed by atoms with van der Waals surface area (Å²) in [4.78, 5) is 12.7. The minimum Gasteiger partial charge on any atom is -0.497 e. The van der Waals surface area contributed by atoms with Gasteiger partial charge in [0.15, 0.2) is 0 Å². The first-order valence-corrected chi connectivity index (χ1v) is 7.36. The van der Waals surface area contributed by atoms with E-state index in [4.69, 9.17) is 4.74 Å². The molecule has 0 aromatic heterocycles. The highest BCUT2D eigenvalue weighted by molar-refractivity contribution is 6.00. The Balaban J connectivity index is 1.84. The number of rotatable bonds is 4. The first-order chi connectivity index (χ1) is 10.7. The Morgan fingerprint density at radius 2 is 1.82 bits per heavy atom. The predicted octanol–water partition coefficient (Wildman–Crippen LogP) is 3.89. The maximum absolute atomic E-state index is 14.1. The first kappa shape index (κ1) is 14.6. The molecule has 3 rings (SSSR count). The molecular weight excluding hydrogens is 281 g/mol. The maximum atomic E-state index is 14.1. The number of amides is 1. The largest absolute Gasteiger partial charge is 0.497 e. The number of hydrogen-bond acceptors (Lipinski definition) is 2. The summed E-state index contributed by atoms with van der Waals surface area (Å²) in [6.45, 7) is 0. The normalized spacial score (nSPS) is 15.7. The number of benzene rings is 2. The second-order valence-corrected chi connectivity index (χ2v) is 5.60. The van der Waals surface area contributed by atoms with Crippen LogP contribution in [-0.2, 0) is 10.2 Å². The van der Waals surface area contributed by atoms with Crippen molar-refractivity contribution >= 4 is 11.6 Å². The molecule has 22 heavy (non-hydrogen) atoms. The molecule has 0 aliphatic heterocycles. The molecule has 1 aliphatic rings. The molecule has 1 amide bonds. The average Bonchev–Trinajstić information content (AvgIpc) is 2.49. The second-order valence-electron chi connectivity index (χ2n) is 5.60. The lowest BCUT2D eigenvalue weighted by atomic mass is 9.63. The molecule has 0 atom stereocenters. The molecule has 0 bridgehead atoms. The van der Waals surface area contributed by atoms with Crippen LogP contribution in [0, 0.1) is 5.82 Å². The third-order valence-corrected chi connectivity index (χ3v) is 4.38. The van der Waals surface area contributed by atoms with Gasteiger partial charge in [-0.25, -0.2) is 4.39 Å². The highest BCUT2D eigenvalue weighted by Crippen LogP contribution is 2.45. The summed E-state index contributed by atoms with van der Waals surface area (Å²) in [5.41, 5.74) is 0.436. The molecule has 1 N–H and O–H groups in total. The van der Waals surface area contributed by atoms with Crippen molar-refractivity contribution in [2.45, 2.75) is 24.7 Å². The Labute approximate surface area is 129 Å². The van der Waals surface area contributed by atoms with E-state index < -0.39 is 5.41 Å². The van der Waals surface area contributed by atoms with Gasteiger partial charge in [0.1, 0.15) is 11.6 Å². The third kappa shape index (κ3) is 2.45. The fourth-order valence-corrected chi connectivity index (χ4v) is 2.92. The molecule has 0 heterocycles. The van der Waals surface area contributed by atoms with Gasteiger partial charge in [-0.15, -0.1) is 0 Å². The van der Waals surface area contributed by atoms with Gasteiger partial charge in [-0.3, -0.25) is 4.79 Å². The Kier molecular flexibility index (Phi) is 3.84. The van der Waals surface area contributed by atoms with E-state index in [9.17, 15) is 9.18 Å². The fourth-order valence-electron chi connectivity index (χ4n) is 2.92. The first-order valence-electron chi connectivity index (χ1n) is 7.36. The van der Waals surface area contributed by atoms with Crippen molar-refractivity contribution in [3.05, 3.63) is 59.9 Å². The zero-order valence-electron chi connectivity index (χ0n) is 12.4. The van der Waals surface area contributed by atoms with Crippen LogP contribution in [0.4, 0.5) is 10.1 Å². The summed E-state index contributed by atoms with van der Waals surface area (Å²) in [6, 6.07) is 13.7. The van der Waals surface area contributed by atoms with E-state index in [0.717, 1.165) is 12.2 Å². The van der Waals surface area contributed by atoms with Crippen molar-refractivity contribution < 1.29 is 13.9 Å². The standard InChI is InChI=1S/C18H18FNO2/c1-22-14-9-7-13(8-10-14)20-17(21)18(11-4-12-18)15-5-2-3-6-16(15)19/h2-3,5-10H,4,11-12H2,1H3,(H,20,21). The van der Waals surface area contributed by atoms with Crippen LogP contribution < -0.4 is 10.1 Å². The van der Waals surface area contributed by atoms with E-state index in [1.165, 1.54) is 6.07 Å². The SMILES string of the molecule is COc1ccc(NC(=O)C2(c3ccccc3F)CCC2)cc1. The molecule has 0 saturated heterocycles. The quantitative estimate of drug-likeness (QED) is 0.930. The van der Waals surface area contributed by atoms with Crippen LogP contribution in [0.5, 0.6) is 5.75 Å². The van der Waals surface area contributed by atoms with Gasteiger partial charge in [-0.05, 0) is 43.2 Å². The second kappa shape index (κ2) is 5.79. The van der Waals surface area contributed by atoms with Crippen LogP contribution in [0.25, 0.3) is 0 Å². The van der Waals surface area contributed by atoms with Crippen molar-refractivity contribution in [1.82, 2.24) is 0 Å². The molecule has 114 valence electrons. The van der Waals surface area contributed by atoms with E-state index in [2.05, 4.69) is 5.32 Å². The van der Waals surface area contributed by atoms with Gasteiger partial charge >= 0.3 is 0 Å². The Morgan fingerprint density at radius 3 is 2.36 bits per heavy atom. The maximum Gasteiger partial charge on any atom is 0.235 e. The summed E-state index contributed by atoms with van der Waals surface area (Å²) in [7, 11) is 1.59. The van der Waals surface area contributed by atoms with E-state index in [-0.39, 0.29) is 11.7 Å². The molecule has 2 aromatic rings. The summed E-state index contributed by atoms with van der Waals surface area (Å²) in [6.07, 6.45) is 2.29. The minimum atomic E-state index is -0.745. The molecule has 4 heteroatoms. The number of methoxy groups -OCH3 is 1. The number of ether oxygens (including phenoxy) is 1. The lowest BCUT2D eigenvalue weighted by molar-refractivity contribution is -0.124. The number of nitrogens with one attached hydrogen (secondary N) is 1. The molecule has 1 aliphatic carbocycles. The summed E-state index contributed by atoms with van der Waals surface area (Å²) in [5, 5.41) is 2.90. The number of anilines is 1. The van der Waals surface area contributed by atoms with Crippen LogP contribution in [0.1, 0.15) is 24.8 Å². The molecule has 0 unspecified atom stereocenters.